The lowest BCUT2D eigenvalue weighted by Gasteiger charge is -2.05. The minimum atomic E-state index is -0.253. The van der Waals surface area contributed by atoms with Gasteiger partial charge in [-0.05, 0) is 48.5 Å². The largest absolute Gasteiger partial charge is 0.485 e. The number of amides is 1. The number of hydrogen-bond donors (Lipinski definition) is 2. The average molecular weight is 374 g/mol. The number of carbonyl (C=O) groups is 1. The van der Waals surface area contributed by atoms with Gasteiger partial charge in [0.2, 0.25) is 5.82 Å². The molecule has 8 heteroatoms. The summed E-state index contributed by atoms with van der Waals surface area (Å²) in [5.41, 5.74) is 1.25. The maximum absolute atomic E-state index is 11.7. The number of ether oxygens (including phenoxy) is 1. The van der Waals surface area contributed by atoms with Gasteiger partial charge < -0.3 is 19.7 Å². The summed E-state index contributed by atoms with van der Waals surface area (Å²) in [6.07, 6.45) is 0. The second kappa shape index (κ2) is 8.46. The van der Waals surface area contributed by atoms with Crippen molar-refractivity contribution in [1.29, 1.82) is 0 Å². The normalized spacial score (nSPS) is 10.5. The zero-order valence-electron chi connectivity index (χ0n) is 13.7. The van der Waals surface area contributed by atoms with Gasteiger partial charge in [-0.3, -0.25) is 4.79 Å². The van der Waals surface area contributed by atoms with Gasteiger partial charge in [-0.1, -0.05) is 16.8 Å². The van der Waals surface area contributed by atoms with Crippen LogP contribution in [0.25, 0.3) is 11.5 Å². The van der Waals surface area contributed by atoms with E-state index < -0.39 is 0 Å². The molecule has 0 aliphatic heterocycles. The number of carbonyl (C=O) groups excluding carboxylic acids is 1. The van der Waals surface area contributed by atoms with Crippen LogP contribution in [0.5, 0.6) is 5.75 Å². The van der Waals surface area contributed by atoms with E-state index in [1.54, 1.807) is 48.5 Å². The van der Waals surface area contributed by atoms with E-state index in [-0.39, 0.29) is 25.7 Å². The molecule has 1 amide bonds. The maximum atomic E-state index is 11.7. The smallest absolute Gasteiger partial charge is 0.258 e. The van der Waals surface area contributed by atoms with Crippen molar-refractivity contribution in [3.05, 3.63) is 64.9 Å². The summed E-state index contributed by atoms with van der Waals surface area (Å²) >= 11 is 5.85. The average Bonchev–Trinajstić information content (AvgIpc) is 3.14. The molecule has 7 nitrogen and oxygen atoms in total. The molecule has 0 radical (unpaired) electrons. The molecule has 0 spiro atoms. The second-order valence-corrected chi connectivity index (χ2v) is 5.75. The SMILES string of the molecule is O=C(NCCO)c1ccc(OCc2noc(-c3ccc(Cl)cc3)n2)cc1. The molecule has 0 unspecified atom stereocenters. The van der Waals surface area contributed by atoms with Crippen LogP contribution in [0.3, 0.4) is 0 Å². The Kier molecular flexibility index (Phi) is 5.83. The molecule has 3 rings (SSSR count). The van der Waals surface area contributed by atoms with Crippen LogP contribution in [0.1, 0.15) is 16.2 Å². The van der Waals surface area contributed by atoms with E-state index in [2.05, 4.69) is 15.5 Å². The molecule has 0 aliphatic rings. The Balaban J connectivity index is 1.57. The van der Waals surface area contributed by atoms with Crippen molar-refractivity contribution < 1.29 is 19.2 Å². The second-order valence-electron chi connectivity index (χ2n) is 5.32. The number of aliphatic hydroxyl groups excluding tert-OH is 1. The van der Waals surface area contributed by atoms with Crippen LogP contribution in [-0.4, -0.2) is 34.3 Å². The Bertz CT molecular complexity index is 863. The third-order valence-electron chi connectivity index (χ3n) is 3.44. The summed E-state index contributed by atoms with van der Waals surface area (Å²) in [6, 6.07) is 13.7. The van der Waals surface area contributed by atoms with Gasteiger partial charge in [0.25, 0.3) is 11.8 Å². The first-order chi connectivity index (χ1) is 12.7. The lowest BCUT2D eigenvalue weighted by atomic mass is 10.2. The summed E-state index contributed by atoms with van der Waals surface area (Å²) in [5.74, 6) is 1.11. The Morgan fingerprint density at radius 3 is 2.58 bits per heavy atom. The molecule has 0 aliphatic carbocycles. The molecule has 1 aromatic heterocycles. The number of nitrogens with zero attached hydrogens (tertiary/aromatic N) is 2. The summed E-state index contributed by atoms with van der Waals surface area (Å²) in [5, 5.41) is 15.8. The summed E-state index contributed by atoms with van der Waals surface area (Å²) in [4.78, 5) is 16.0. The van der Waals surface area contributed by atoms with Gasteiger partial charge in [-0.15, -0.1) is 0 Å². The Morgan fingerprint density at radius 2 is 1.88 bits per heavy atom. The van der Waals surface area contributed by atoms with E-state index in [4.69, 9.17) is 26.0 Å². The predicted molar refractivity (Wildman–Crippen MR) is 94.9 cm³/mol. The fourth-order valence-corrected chi connectivity index (χ4v) is 2.27. The number of aliphatic hydroxyl groups is 1. The van der Waals surface area contributed by atoms with E-state index in [1.165, 1.54) is 0 Å². The Morgan fingerprint density at radius 1 is 1.15 bits per heavy atom. The van der Waals surface area contributed by atoms with Gasteiger partial charge in [0, 0.05) is 22.7 Å². The van der Waals surface area contributed by atoms with Crippen LogP contribution in [0.15, 0.2) is 53.1 Å². The molecular formula is C18H16ClN3O4. The van der Waals surface area contributed by atoms with Gasteiger partial charge in [-0.2, -0.15) is 4.98 Å². The zero-order valence-corrected chi connectivity index (χ0v) is 14.4. The van der Waals surface area contributed by atoms with Crippen LogP contribution in [0.2, 0.25) is 5.02 Å². The van der Waals surface area contributed by atoms with E-state index >= 15 is 0 Å². The maximum Gasteiger partial charge on any atom is 0.258 e. The first kappa shape index (κ1) is 17.9. The number of hydrogen-bond acceptors (Lipinski definition) is 6. The van der Waals surface area contributed by atoms with Gasteiger partial charge in [0.15, 0.2) is 6.61 Å². The van der Waals surface area contributed by atoms with Crippen LogP contribution in [0.4, 0.5) is 0 Å². The molecule has 26 heavy (non-hydrogen) atoms. The van der Waals surface area contributed by atoms with Gasteiger partial charge in [0.05, 0.1) is 6.61 Å². The fourth-order valence-electron chi connectivity index (χ4n) is 2.14. The van der Waals surface area contributed by atoms with Crippen LogP contribution in [0, 0.1) is 0 Å². The number of benzene rings is 2. The Hall–Kier alpha value is -2.90. The minimum absolute atomic E-state index is 0.102. The quantitative estimate of drug-likeness (QED) is 0.660. The standard InChI is InChI=1S/C18H16ClN3O4/c19-14-5-1-13(2-6-14)18-21-16(22-26-18)11-25-15-7-3-12(4-8-15)17(24)20-9-10-23/h1-8,23H,9-11H2,(H,20,24). The lowest BCUT2D eigenvalue weighted by molar-refractivity contribution is 0.0944. The number of aromatic nitrogens is 2. The zero-order chi connectivity index (χ0) is 18.4. The van der Waals surface area contributed by atoms with Crippen molar-refractivity contribution >= 4 is 17.5 Å². The third-order valence-corrected chi connectivity index (χ3v) is 3.69. The first-order valence-corrected chi connectivity index (χ1v) is 8.24. The van der Waals surface area contributed by atoms with Crippen molar-refractivity contribution in [2.45, 2.75) is 6.61 Å². The van der Waals surface area contributed by atoms with Crippen LogP contribution < -0.4 is 10.1 Å². The van der Waals surface area contributed by atoms with Gasteiger partial charge in [-0.25, -0.2) is 0 Å². The summed E-state index contributed by atoms with van der Waals surface area (Å²) < 4.78 is 10.8. The van der Waals surface area contributed by atoms with E-state index in [1.807, 2.05) is 0 Å². The molecule has 0 fully saturated rings. The highest BCUT2D eigenvalue weighted by Gasteiger charge is 2.10. The van der Waals surface area contributed by atoms with E-state index in [0.717, 1.165) is 5.56 Å². The van der Waals surface area contributed by atoms with Crippen molar-refractivity contribution in [2.24, 2.45) is 0 Å². The third kappa shape index (κ3) is 4.59. The first-order valence-electron chi connectivity index (χ1n) is 7.86. The van der Waals surface area contributed by atoms with Crippen molar-refractivity contribution in [2.75, 3.05) is 13.2 Å². The topological polar surface area (TPSA) is 97.5 Å². The van der Waals surface area contributed by atoms with Crippen molar-refractivity contribution in [1.82, 2.24) is 15.5 Å². The Labute approximate surface area is 154 Å². The summed E-state index contributed by atoms with van der Waals surface area (Å²) in [6.45, 7) is 0.244. The van der Waals surface area contributed by atoms with E-state index in [0.29, 0.717) is 28.1 Å². The molecule has 0 saturated carbocycles. The number of halogens is 1. The molecule has 0 bridgehead atoms. The van der Waals surface area contributed by atoms with Gasteiger partial charge >= 0.3 is 0 Å². The van der Waals surface area contributed by atoms with Crippen LogP contribution in [-0.2, 0) is 6.61 Å². The molecule has 0 atom stereocenters. The highest BCUT2D eigenvalue weighted by Crippen LogP contribution is 2.20. The monoisotopic (exact) mass is 373 g/mol. The lowest BCUT2D eigenvalue weighted by Crippen LogP contribution is -2.26. The van der Waals surface area contributed by atoms with Crippen molar-refractivity contribution in [3.63, 3.8) is 0 Å². The van der Waals surface area contributed by atoms with E-state index in [9.17, 15) is 4.79 Å². The van der Waals surface area contributed by atoms with Crippen LogP contribution >= 0.6 is 11.6 Å². The highest BCUT2D eigenvalue weighted by atomic mass is 35.5. The fraction of sp³-hybridized carbons (Fsp3) is 0.167. The summed E-state index contributed by atoms with van der Waals surface area (Å²) in [7, 11) is 0. The predicted octanol–water partition coefficient (Wildman–Crippen LogP) is 2.69. The van der Waals surface area contributed by atoms with Crippen molar-refractivity contribution in [3.8, 4) is 17.2 Å². The molecule has 0 saturated heterocycles. The minimum Gasteiger partial charge on any atom is -0.485 e. The molecule has 2 aromatic carbocycles. The highest BCUT2D eigenvalue weighted by molar-refractivity contribution is 6.30. The molecule has 3 aromatic rings. The number of rotatable bonds is 7. The molecule has 2 N–H and O–H groups in total. The van der Waals surface area contributed by atoms with Gasteiger partial charge in [0.1, 0.15) is 5.75 Å². The molecule has 1 heterocycles. The number of nitrogens with one attached hydrogen (secondary N) is 1. The molecule has 134 valence electrons. The molecular weight excluding hydrogens is 358 g/mol.